The van der Waals surface area contributed by atoms with Gasteiger partial charge in [-0.05, 0) is 102 Å². The minimum absolute atomic E-state index is 0.0313. The van der Waals surface area contributed by atoms with Crippen LogP contribution in [0.1, 0.15) is 198 Å². The summed E-state index contributed by atoms with van der Waals surface area (Å²) in [6, 6.07) is 0. The van der Waals surface area contributed by atoms with E-state index in [4.69, 9.17) is 13.9 Å². The zero-order chi connectivity index (χ0) is 54.5. The second kappa shape index (κ2) is 34.8. The molecule has 0 saturated heterocycles. The fourth-order valence-corrected chi connectivity index (χ4v) is 8.80. The van der Waals surface area contributed by atoms with Crippen molar-refractivity contribution >= 4 is 35.5 Å². The van der Waals surface area contributed by atoms with Gasteiger partial charge in [0.2, 0.25) is 17.7 Å². The first-order valence-corrected chi connectivity index (χ1v) is 26.3. The zero-order valence-corrected chi connectivity index (χ0v) is 47.1. The van der Waals surface area contributed by atoms with Crippen molar-refractivity contribution in [3.8, 4) is 0 Å². The monoisotopic (exact) mass is 995 g/mol. The van der Waals surface area contributed by atoms with Gasteiger partial charge in [0.05, 0.1) is 35.9 Å². The number of aliphatic hydroxyl groups is 3. The number of aliphatic hydroxyl groups excluding tert-OH is 3. The van der Waals surface area contributed by atoms with Crippen LogP contribution in [0.2, 0.25) is 0 Å². The largest absolute Gasteiger partial charge is 0.449 e. The van der Waals surface area contributed by atoms with E-state index in [0.717, 1.165) is 62.8 Å². The van der Waals surface area contributed by atoms with Gasteiger partial charge in [-0.15, -0.1) is 0 Å². The van der Waals surface area contributed by atoms with E-state index in [1.54, 1.807) is 34.0 Å². The quantitative estimate of drug-likeness (QED) is 0.183. The lowest BCUT2D eigenvalue weighted by molar-refractivity contribution is -0.140. The number of carbonyl (C=O) groups excluding carboxylic acids is 4. The summed E-state index contributed by atoms with van der Waals surface area (Å²) in [6.45, 7) is 34.4. The van der Waals surface area contributed by atoms with Gasteiger partial charge in [0.25, 0.3) is 0 Å². The van der Waals surface area contributed by atoms with Gasteiger partial charge >= 0.3 is 0 Å². The van der Waals surface area contributed by atoms with Gasteiger partial charge in [0.1, 0.15) is 42.1 Å². The van der Waals surface area contributed by atoms with E-state index in [1.807, 2.05) is 72.8 Å². The van der Waals surface area contributed by atoms with Crippen molar-refractivity contribution in [3.63, 3.8) is 0 Å². The maximum Gasteiger partial charge on any atom is 0.222 e. The number of amides is 2. The number of rotatable bonds is 3. The van der Waals surface area contributed by atoms with E-state index in [9.17, 15) is 29.4 Å². The van der Waals surface area contributed by atoms with Crippen LogP contribution in [-0.4, -0.2) is 74.0 Å². The normalized spacial score (nSPS) is 28.1. The molecule has 2 aliphatic rings. The number of oxazole rings is 2. The Labute approximate surface area is 429 Å². The highest BCUT2D eigenvalue weighted by Crippen LogP contribution is 2.33. The molecule has 8 atom stereocenters. The molecular formula is C58H98N4O9. The number of hydrogen-bond acceptors (Lipinski definition) is 11. The maximum atomic E-state index is 12.8. The number of aromatic nitrogens is 2. The average molecular weight is 995 g/mol. The molecule has 4 rings (SSSR count). The molecule has 0 radical (unpaired) electrons. The van der Waals surface area contributed by atoms with Gasteiger partial charge in [-0.3, -0.25) is 19.2 Å². The Bertz CT molecular complexity index is 1880. The number of nitrogens with one attached hydrogen (secondary N) is 2. The van der Waals surface area contributed by atoms with Gasteiger partial charge < -0.3 is 34.8 Å². The topological polar surface area (TPSA) is 205 Å². The first-order chi connectivity index (χ1) is 33.3. The summed E-state index contributed by atoms with van der Waals surface area (Å²) >= 11 is 0. The highest BCUT2D eigenvalue weighted by molar-refractivity contribution is 5.88. The van der Waals surface area contributed by atoms with Crippen LogP contribution in [0.15, 0.2) is 56.8 Å². The van der Waals surface area contributed by atoms with Crippen LogP contribution in [0, 0.1) is 53.3 Å². The molecule has 2 aromatic heterocycles. The van der Waals surface area contributed by atoms with Gasteiger partial charge in [-0.2, -0.15) is 0 Å². The van der Waals surface area contributed by atoms with Crippen LogP contribution in [-0.2, 0) is 25.8 Å². The van der Waals surface area contributed by atoms with E-state index in [1.165, 1.54) is 17.4 Å². The fraction of sp³-hybridized carbons (Fsp3) is 0.690. The van der Waals surface area contributed by atoms with Gasteiger partial charge in [-0.1, -0.05) is 131 Å². The van der Waals surface area contributed by atoms with E-state index < -0.39 is 23.0 Å². The van der Waals surface area contributed by atoms with Crippen molar-refractivity contribution in [1.82, 2.24) is 20.6 Å². The first-order valence-electron chi connectivity index (χ1n) is 26.3. The Balaban J connectivity index is 0.000000987. The Morgan fingerprint density at radius 3 is 1.37 bits per heavy atom. The van der Waals surface area contributed by atoms with Crippen molar-refractivity contribution in [2.45, 2.75) is 201 Å². The fourth-order valence-electron chi connectivity index (χ4n) is 8.80. The Morgan fingerprint density at radius 1 is 0.648 bits per heavy atom. The average Bonchev–Trinajstić information content (AvgIpc) is 3.95. The standard InChI is InChI=1S/2C21H37NO3.C7H9NO2.C7H9NO.C2H6/c2*1-14-8-7-9-15(2)11-17(4)20(25)21(5,6)18(23)12-19(24)22-13-16(3)10-14;1-2-3-6-5-10-7(4-9)8-6;1-3-4-7-5-9-6(2)8-7;1-2/h2*10,15-18,23H,7-9,11-13H2,1-6H3,(H,22,24);2-3,5,9H,4H2,1H3;3-5H,1-2H3;1-2H3/b2*14-10-;3-2-;4-3-;/t2*15?,16-,17?,18?;;;/m00.../s1. The number of hydrogen-bond donors (Lipinski definition) is 5. The number of ketones is 2. The smallest absolute Gasteiger partial charge is 0.222 e. The predicted molar refractivity (Wildman–Crippen MR) is 289 cm³/mol. The summed E-state index contributed by atoms with van der Waals surface area (Å²) in [7, 11) is 0. The molecule has 0 aliphatic carbocycles. The summed E-state index contributed by atoms with van der Waals surface area (Å²) < 4.78 is 9.81. The van der Waals surface area contributed by atoms with Crippen LogP contribution in [0.4, 0.5) is 0 Å². The third-order valence-corrected chi connectivity index (χ3v) is 13.0. The van der Waals surface area contributed by atoms with Crippen LogP contribution in [0.5, 0.6) is 0 Å². The third kappa shape index (κ3) is 26.7. The first kappa shape index (κ1) is 66.5. The molecule has 4 heterocycles. The summed E-state index contributed by atoms with van der Waals surface area (Å²) in [5.74, 6) is 2.06. The lowest BCUT2D eigenvalue weighted by Gasteiger charge is -2.32. The summed E-state index contributed by atoms with van der Waals surface area (Å²) in [4.78, 5) is 57.9. The van der Waals surface area contributed by atoms with Crippen LogP contribution in [0.3, 0.4) is 0 Å². The molecule has 404 valence electrons. The Morgan fingerprint density at radius 2 is 1.03 bits per heavy atom. The summed E-state index contributed by atoms with van der Waals surface area (Å²) in [5.41, 5.74) is 2.52. The van der Waals surface area contributed by atoms with Gasteiger partial charge in [-0.25, -0.2) is 9.97 Å². The lowest BCUT2D eigenvalue weighted by atomic mass is 9.74. The second-order valence-corrected chi connectivity index (χ2v) is 21.1. The molecule has 0 fully saturated rings. The van der Waals surface area contributed by atoms with Gasteiger partial charge in [0.15, 0.2) is 5.89 Å². The number of allylic oxidation sites excluding steroid dienone is 4. The third-order valence-electron chi connectivity index (χ3n) is 13.0. The Kier molecular flexibility index (Phi) is 32.6. The van der Waals surface area contributed by atoms with E-state index in [0.29, 0.717) is 36.7 Å². The summed E-state index contributed by atoms with van der Waals surface area (Å²) in [6.07, 6.45) is 21.4. The molecule has 71 heavy (non-hydrogen) atoms. The van der Waals surface area contributed by atoms with E-state index in [-0.39, 0.29) is 66.5 Å². The molecule has 0 spiro atoms. The zero-order valence-electron chi connectivity index (χ0n) is 47.1. The van der Waals surface area contributed by atoms with Crippen molar-refractivity contribution in [3.05, 3.63) is 71.1 Å². The van der Waals surface area contributed by atoms with Crippen LogP contribution >= 0.6 is 0 Å². The van der Waals surface area contributed by atoms with Crippen molar-refractivity contribution in [2.24, 2.45) is 46.3 Å². The molecule has 2 aromatic rings. The maximum absolute atomic E-state index is 12.8. The molecule has 6 unspecified atom stereocenters. The number of aryl methyl sites for hydroxylation is 1. The SMILES string of the molecule is C/C1=C/[C@H](C)CNC(=O)CC(O)C(C)(C)C(=O)C(C)CC(C)CCC1.C/C1=C/[C@H](C)CNC(=O)CC(O)C(C)(C)C(=O)C(C)CC(C)CCC1.C/C=C\c1coc(C)n1.C/C=C\c1coc(CO)n1.CC. The van der Waals surface area contributed by atoms with Crippen molar-refractivity contribution in [1.29, 1.82) is 0 Å². The lowest BCUT2D eigenvalue weighted by Crippen LogP contribution is -2.43. The van der Waals surface area contributed by atoms with Gasteiger partial charge in [0, 0.05) is 31.8 Å². The molecule has 2 amide bonds. The molecule has 0 bridgehead atoms. The molecule has 5 N–H and O–H groups in total. The predicted octanol–water partition coefficient (Wildman–Crippen LogP) is 12.0. The molecule has 2 aliphatic heterocycles. The van der Waals surface area contributed by atoms with Crippen molar-refractivity contribution in [2.75, 3.05) is 13.1 Å². The number of carbonyl (C=O) groups is 4. The van der Waals surface area contributed by atoms with Crippen LogP contribution < -0.4 is 10.6 Å². The second-order valence-electron chi connectivity index (χ2n) is 21.1. The number of nitrogens with zero attached hydrogens (tertiary/aromatic N) is 2. The van der Waals surface area contributed by atoms with E-state index in [2.05, 4.69) is 74.3 Å². The molecular weight excluding hydrogens is 897 g/mol. The molecule has 0 saturated carbocycles. The Hall–Kier alpha value is -4.46. The highest BCUT2D eigenvalue weighted by atomic mass is 16.4. The number of Topliss-reactive ketones (excluding diaryl/α,β-unsaturated/α-hetero) is 2. The van der Waals surface area contributed by atoms with Crippen LogP contribution in [0.25, 0.3) is 12.2 Å². The minimum atomic E-state index is -0.960. The van der Waals surface area contributed by atoms with E-state index >= 15 is 0 Å². The summed E-state index contributed by atoms with van der Waals surface area (Å²) in [5, 5.41) is 35.3. The molecule has 13 nitrogen and oxygen atoms in total. The van der Waals surface area contributed by atoms with Crippen molar-refractivity contribution < 1.29 is 43.3 Å². The highest BCUT2D eigenvalue weighted by Gasteiger charge is 2.40. The molecule has 13 heteroatoms. The minimum Gasteiger partial charge on any atom is -0.449 e. The molecule has 0 aromatic carbocycles.